The van der Waals surface area contributed by atoms with E-state index in [1.807, 2.05) is 4.90 Å². The first-order valence-electron chi connectivity index (χ1n) is 9.99. The lowest BCUT2D eigenvalue weighted by Gasteiger charge is -2.40. The standard InChI is InChI=1S/C20H32N4O3S/c1-16-6-5-7-19(17(16)2)22-12-14-23(15-13-22)20(25)18-8-10-24(11-9-18)28(26,27)21(3)4/h5-7,18H,8-15H2,1-4H3. The molecule has 7 nitrogen and oxygen atoms in total. The van der Waals surface area contributed by atoms with Gasteiger partial charge >= 0.3 is 0 Å². The van der Waals surface area contributed by atoms with Crippen molar-refractivity contribution in [2.75, 3.05) is 58.3 Å². The molecule has 1 aromatic carbocycles. The highest BCUT2D eigenvalue weighted by Gasteiger charge is 2.34. The quantitative estimate of drug-likeness (QED) is 0.757. The lowest BCUT2D eigenvalue weighted by Crippen LogP contribution is -2.52. The van der Waals surface area contributed by atoms with Crippen molar-refractivity contribution in [2.24, 2.45) is 5.92 Å². The molecule has 0 saturated carbocycles. The maximum Gasteiger partial charge on any atom is 0.281 e. The summed E-state index contributed by atoms with van der Waals surface area (Å²) < 4.78 is 27.2. The van der Waals surface area contributed by atoms with Crippen LogP contribution in [0.1, 0.15) is 24.0 Å². The van der Waals surface area contributed by atoms with E-state index in [4.69, 9.17) is 0 Å². The molecule has 8 heteroatoms. The minimum atomic E-state index is -3.38. The maximum atomic E-state index is 12.9. The molecule has 0 aliphatic carbocycles. The predicted octanol–water partition coefficient (Wildman–Crippen LogP) is 1.47. The number of rotatable bonds is 4. The largest absolute Gasteiger partial charge is 0.368 e. The molecule has 2 aliphatic rings. The predicted molar refractivity (Wildman–Crippen MR) is 112 cm³/mol. The van der Waals surface area contributed by atoms with Crippen molar-refractivity contribution >= 4 is 21.8 Å². The number of hydrogen-bond acceptors (Lipinski definition) is 4. The molecule has 3 rings (SSSR count). The first-order chi connectivity index (χ1) is 13.2. The van der Waals surface area contributed by atoms with Crippen LogP contribution in [0.3, 0.4) is 0 Å². The third-order valence-electron chi connectivity index (χ3n) is 6.10. The van der Waals surface area contributed by atoms with E-state index in [1.54, 1.807) is 14.1 Å². The Kier molecular flexibility index (Phi) is 6.31. The molecule has 1 amide bonds. The summed E-state index contributed by atoms with van der Waals surface area (Å²) in [5.41, 5.74) is 3.85. The summed E-state index contributed by atoms with van der Waals surface area (Å²) in [6.45, 7) is 8.23. The first-order valence-corrected chi connectivity index (χ1v) is 11.4. The van der Waals surface area contributed by atoms with Crippen LogP contribution in [0, 0.1) is 19.8 Å². The molecule has 1 aromatic rings. The number of carbonyl (C=O) groups is 1. The smallest absolute Gasteiger partial charge is 0.281 e. The Bertz CT molecular complexity index is 809. The van der Waals surface area contributed by atoms with Crippen LogP contribution in [0.5, 0.6) is 0 Å². The summed E-state index contributed by atoms with van der Waals surface area (Å²) in [6.07, 6.45) is 1.20. The van der Waals surface area contributed by atoms with Crippen LogP contribution in [0.15, 0.2) is 18.2 Å². The average Bonchev–Trinajstić information content (AvgIpc) is 2.69. The number of benzene rings is 1. The van der Waals surface area contributed by atoms with Gasteiger partial charge in [-0.1, -0.05) is 12.1 Å². The zero-order valence-corrected chi connectivity index (χ0v) is 18.2. The number of carbonyl (C=O) groups excluding carboxylic acids is 1. The Hall–Kier alpha value is -1.64. The number of hydrogen-bond donors (Lipinski definition) is 0. The van der Waals surface area contributed by atoms with Gasteiger partial charge in [-0.25, -0.2) is 0 Å². The van der Waals surface area contributed by atoms with Crippen molar-refractivity contribution in [3.8, 4) is 0 Å². The average molecular weight is 409 g/mol. The molecule has 156 valence electrons. The summed E-state index contributed by atoms with van der Waals surface area (Å²) in [5, 5.41) is 0. The monoisotopic (exact) mass is 408 g/mol. The van der Waals surface area contributed by atoms with E-state index in [0.717, 1.165) is 26.2 Å². The fraction of sp³-hybridized carbons (Fsp3) is 0.650. The van der Waals surface area contributed by atoms with Crippen LogP contribution in [0.25, 0.3) is 0 Å². The SMILES string of the molecule is Cc1cccc(N2CCN(C(=O)C3CCN(S(=O)(=O)N(C)C)CC3)CC2)c1C. The number of nitrogens with zero attached hydrogens (tertiary/aromatic N) is 4. The topological polar surface area (TPSA) is 64.2 Å². The number of piperidine rings is 1. The fourth-order valence-electron chi connectivity index (χ4n) is 4.07. The van der Waals surface area contributed by atoms with Crippen LogP contribution >= 0.6 is 0 Å². The maximum absolute atomic E-state index is 12.9. The van der Waals surface area contributed by atoms with Gasteiger partial charge in [0.05, 0.1) is 0 Å². The van der Waals surface area contributed by atoms with Crippen LogP contribution < -0.4 is 4.90 Å². The van der Waals surface area contributed by atoms with Crippen molar-refractivity contribution in [2.45, 2.75) is 26.7 Å². The summed E-state index contributed by atoms with van der Waals surface area (Å²) >= 11 is 0. The van der Waals surface area contributed by atoms with Gasteiger partial charge in [-0.05, 0) is 43.9 Å². The van der Waals surface area contributed by atoms with Gasteiger partial charge in [0.1, 0.15) is 0 Å². The summed E-state index contributed by atoms with van der Waals surface area (Å²) in [5.74, 6) is 0.114. The molecule has 2 fully saturated rings. The van der Waals surface area contributed by atoms with Crippen LogP contribution in [-0.2, 0) is 15.0 Å². The van der Waals surface area contributed by atoms with E-state index < -0.39 is 10.2 Å². The molecule has 0 aromatic heterocycles. The van der Waals surface area contributed by atoms with Gasteiger partial charge in [0.25, 0.3) is 10.2 Å². The second-order valence-electron chi connectivity index (χ2n) is 7.99. The van der Waals surface area contributed by atoms with Crippen molar-refractivity contribution in [3.05, 3.63) is 29.3 Å². The Morgan fingerprint density at radius 3 is 2.18 bits per heavy atom. The molecule has 0 N–H and O–H groups in total. The molecular formula is C20H32N4O3S. The lowest BCUT2D eigenvalue weighted by molar-refractivity contribution is -0.137. The third-order valence-corrected chi connectivity index (χ3v) is 8.04. The Labute approximate surface area is 169 Å². The Morgan fingerprint density at radius 1 is 1.00 bits per heavy atom. The molecule has 0 spiro atoms. The van der Waals surface area contributed by atoms with Gasteiger partial charge in [0.15, 0.2) is 0 Å². The normalized spacial score (nSPS) is 20.0. The van der Waals surface area contributed by atoms with Gasteiger partial charge in [0, 0.05) is 65.0 Å². The molecule has 2 saturated heterocycles. The van der Waals surface area contributed by atoms with E-state index in [1.165, 1.54) is 25.4 Å². The van der Waals surface area contributed by atoms with Gasteiger partial charge in [0.2, 0.25) is 5.91 Å². The highest BCUT2D eigenvalue weighted by molar-refractivity contribution is 7.86. The summed E-state index contributed by atoms with van der Waals surface area (Å²) in [6, 6.07) is 6.37. The van der Waals surface area contributed by atoms with Crippen molar-refractivity contribution in [1.82, 2.24) is 13.5 Å². The molecule has 0 bridgehead atoms. The highest BCUT2D eigenvalue weighted by atomic mass is 32.2. The van der Waals surface area contributed by atoms with E-state index >= 15 is 0 Å². The van der Waals surface area contributed by atoms with Gasteiger partial charge in [-0.2, -0.15) is 17.0 Å². The molecule has 2 heterocycles. The van der Waals surface area contributed by atoms with Gasteiger partial charge < -0.3 is 9.80 Å². The van der Waals surface area contributed by atoms with E-state index in [0.29, 0.717) is 25.9 Å². The summed E-state index contributed by atoms with van der Waals surface area (Å²) in [4.78, 5) is 17.3. The van der Waals surface area contributed by atoms with Crippen LogP contribution in [0.2, 0.25) is 0 Å². The van der Waals surface area contributed by atoms with E-state index in [-0.39, 0.29) is 11.8 Å². The number of piperazine rings is 1. The third kappa shape index (κ3) is 4.18. The van der Waals surface area contributed by atoms with Gasteiger partial charge in [-0.15, -0.1) is 0 Å². The van der Waals surface area contributed by atoms with Crippen molar-refractivity contribution in [3.63, 3.8) is 0 Å². The molecule has 0 atom stereocenters. The second-order valence-corrected chi connectivity index (χ2v) is 10.1. The molecular weight excluding hydrogens is 376 g/mol. The Balaban J connectivity index is 1.54. The first kappa shape index (κ1) is 21.1. The minimum absolute atomic E-state index is 0.0686. The number of anilines is 1. The number of aryl methyl sites for hydroxylation is 1. The molecule has 2 aliphatic heterocycles. The lowest BCUT2D eigenvalue weighted by atomic mass is 9.96. The van der Waals surface area contributed by atoms with Gasteiger partial charge in [-0.3, -0.25) is 4.79 Å². The zero-order valence-electron chi connectivity index (χ0n) is 17.4. The zero-order chi connectivity index (χ0) is 20.5. The van der Waals surface area contributed by atoms with Crippen molar-refractivity contribution in [1.29, 1.82) is 0 Å². The van der Waals surface area contributed by atoms with E-state index in [9.17, 15) is 13.2 Å². The van der Waals surface area contributed by atoms with Crippen LogP contribution in [0.4, 0.5) is 5.69 Å². The molecule has 0 unspecified atom stereocenters. The fourth-order valence-corrected chi connectivity index (χ4v) is 5.20. The second kappa shape index (κ2) is 8.39. The number of amides is 1. The minimum Gasteiger partial charge on any atom is -0.368 e. The van der Waals surface area contributed by atoms with Crippen LogP contribution in [-0.4, -0.2) is 81.2 Å². The van der Waals surface area contributed by atoms with Crippen molar-refractivity contribution < 1.29 is 13.2 Å². The van der Waals surface area contributed by atoms with E-state index in [2.05, 4.69) is 36.9 Å². The highest BCUT2D eigenvalue weighted by Crippen LogP contribution is 2.26. The summed E-state index contributed by atoms with van der Waals surface area (Å²) in [7, 11) is -0.297. The molecule has 28 heavy (non-hydrogen) atoms. The molecule has 0 radical (unpaired) electrons. The Morgan fingerprint density at radius 2 is 1.61 bits per heavy atom.